The van der Waals surface area contributed by atoms with Gasteiger partial charge >= 0.3 is 0 Å². The smallest absolute Gasteiger partial charge is 0.231 e. The Kier molecular flexibility index (Phi) is 3.43. The van der Waals surface area contributed by atoms with Crippen LogP contribution in [0.1, 0.15) is 63.3 Å². The van der Waals surface area contributed by atoms with Gasteiger partial charge in [-0.05, 0) is 35.4 Å². The summed E-state index contributed by atoms with van der Waals surface area (Å²) in [5.74, 6) is 0.0126. The van der Waals surface area contributed by atoms with Gasteiger partial charge in [0.25, 0.3) is 0 Å². The number of anilines is 1. The first kappa shape index (κ1) is 14.1. The molecule has 2 unspecified atom stereocenters. The summed E-state index contributed by atoms with van der Waals surface area (Å²) in [6.45, 7) is 10.5. The molecule has 1 aliphatic rings. The first-order chi connectivity index (χ1) is 8.75. The molecule has 2 rings (SSSR count). The molecule has 0 bridgehead atoms. The highest BCUT2D eigenvalue weighted by Crippen LogP contribution is 2.40. The Morgan fingerprint density at radius 2 is 2.00 bits per heavy atom. The van der Waals surface area contributed by atoms with Gasteiger partial charge in [-0.1, -0.05) is 39.8 Å². The fourth-order valence-corrected chi connectivity index (χ4v) is 2.58. The van der Waals surface area contributed by atoms with Crippen molar-refractivity contribution in [2.75, 3.05) is 5.32 Å². The third-order valence-electron chi connectivity index (χ3n) is 4.05. The maximum atomic E-state index is 11.8. The van der Waals surface area contributed by atoms with Crippen LogP contribution in [0.4, 0.5) is 5.69 Å². The number of amides is 1. The minimum atomic E-state index is -0.0765. The first-order valence-corrected chi connectivity index (χ1v) is 6.98. The van der Waals surface area contributed by atoms with Crippen molar-refractivity contribution in [2.24, 2.45) is 11.1 Å². The zero-order chi connectivity index (χ0) is 14.4. The van der Waals surface area contributed by atoms with Crippen LogP contribution in [-0.2, 0) is 11.2 Å². The minimum Gasteiger partial charge on any atom is -0.325 e. The highest BCUT2D eigenvalue weighted by atomic mass is 16.2. The molecule has 1 aromatic carbocycles. The van der Waals surface area contributed by atoms with E-state index in [0.29, 0.717) is 0 Å². The van der Waals surface area contributed by atoms with Gasteiger partial charge in [-0.15, -0.1) is 0 Å². The molecule has 0 aliphatic carbocycles. The number of carbonyl (C=O) groups excluding carboxylic acids is 1. The topological polar surface area (TPSA) is 55.1 Å². The highest BCUT2D eigenvalue weighted by Gasteiger charge is 2.31. The Hall–Kier alpha value is -1.35. The summed E-state index contributed by atoms with van der Waals surface area (Å²) < 4.78 is 0. The summed E-state index contributed by atoms with van der Waals surface area (Å²) in [5, 5.41) is 2.99. The zero-order valence-corrected chi connectivity index (χ0v) is 12.5. The highest BCUT2D eigenvalue weighted by molar-refractivity contribution is 6.03. The molecule has 3 heteroatoms. The van der Waals surface area contributed by atoms with Gasteiger partial charge in [-0.3, -0.25) is 4.79 Å². The predicted molar refractivity (Wildman–Crippen MR) is 79.2 cm³/mol. The number of hydrogen-bond acceptors (Lipinski definition) is 2. The summed E-state index contributed by atoms with van der Waals surface area (Å²) in [6.07, 6.45) is 0.903. The van der Waals surface area contributed by atoms with Crippen LogP contribution in [0.25, 0.3) is 0 Å². The molecular weight excluding hydrogens is 236 g/mol. The number of nitrogens with one attached hydrogen (secondary N) is 1. The van der Waals surface area contributed by atoms with Crippen molar-refractivity contribution in [1.82, 2.24) is 0 Å². The van der Waals surface area contributed by atoms with Crippen LogP contribution in [-0.4, -0.2) is 5.91 Å². The molecule has 0 aromatic heterocycles. The van der Waals surface area contributed by atoms with Crippen molar-refractivity contribution in [3.8, 4) is 0 Å². The number of aryl methyl sites for hydroxylation is 1. The minimum absolute atomic E-state index is 0.0124. The SMILES string of the molecule is CCc1cc(C(N)C(C)(C)C)cc2c1NC(=O)C2C. The van der Waals surface area contributed by atoms with E-state index < -0.39 is 0 Å². The van der Waals surface area contributed by atoms with Crippen LogP contribution in [0.5, 0.6) is 0 Å². The third-order valence-corrected chi connectivity index (χ3v) is 4.05. The van der Waals surface area contributed by atoms with Crippen molar-refractivity contribution in [1.29, 1.82) is 0 Å². The Labute approximate surface area is 115 Å². The Bertz CT molecular complexity index is 514. The number of carbonyl (C=O) groups is 1. The lowest BCUT2D eigenvalue weighted by molar-refractivity contribution is -0.116. The van der Waals surface area contributed by atoms with Crippen molar-refractivity contribution < 1.29 is 4.79 Å². The monoisotopic (exact) mass is 260 g/mol. The lowest BCUT2D eigenvalue weighted by Gasteiger charge is -2.28. The molecule has 104 valence electrons. The van der Waals surface area contributed by atoms with E-state index in [1.807, 2.05) is 6.92 Å². The van der Waals surface area contributed by atoms with Gasteiger partial charge in [0.1, 0.15) is 0 Å². The molecule has 0 spiro atoms. The second-order valence-corrected chi connectivity index (χ2v) is 6.55. The predicted octanol–water partition coefficient (Wildman–Crippen LogP) is 3.35. The van der Waals surface area contributed by atoms with Gasteiger partial charge in [0.05, 0.1) is 5.92 Å². The quantitative estimate of drug-likeness (QED) is 0.856. The van der Waals surface area contributed by atoms with Crippen LogP contribution >= 0.6 is 0 Å². The van der Waals surface area contributed by atoms with Gasteiger partial charge in [-0.25, -0.2) is 0 Å². The van der Waals surface area contributed by atoms with E-state index in [0.717, 1.165) is 23.2 Å². The van der Waals surface area contributed by atoms with Crippen LogP contribution in [0.3, 0.4) is 0 Å². The third kappa shape index (κ3) is 2.39. The van der Waals surface area contributed by atoms with E-state index in [2.05, 4.69) is 45.1 Å². The molecule has 0 fully saturated rings. The Morgan fingerprint density at radius 1 is 1.37 bits per heavy atom. The number of rotatable bonds is 2. The number of nitrogens with two attached hydrogens (primary N) is 1. The summed E-state index contributed by atoms with van der Waals surface area (Å²) in [6, 6.07) is 4.23. The van der Waals surface area contributed by atoms with E-state index in [9.17, 15) is 4.79 Å². The second-order valence-electron chi connectivity index (χ2n) is 6.55. The molecule has 1 amide bonds. The Balaban J connectivity index is 2.53. The Morgan fingerprint density at radius 3 is 2.53 bits per heavy atom. The maximum absolute atomic E-state index is 11.8. The normalized spacial score (nSPS) is 20.1. The number of benzene rings is 1. The fraction of sp³-hybridized carbons (Fsp3) is 0.562. The zero-order valence-electron chi connectivity index (χ0n) is 12.5. The summed E-state index contributed by atoms with van der Waals surface area (Å²) in [4.78, 5) is 11.8. The molecule has 2 atom stereocenters. The van der Waals surface area contributed by atoms with Crippen molar-refractivity contribution in [3.05, 3.63) is 28.8 Å². The van der Waals surface area contributed by atoms with Crippen molar-refractivity contribution in [2.45, 2.75) is 53.0 Å². The van der Waals surface area contributed by atoms with Crippen LogP contribution in [0.2, 0.25) is 0 Å². The second kappa shape index (κ2) is 4.64. The maximum Gasteiger partial charge on any atom is 0.231 e. The number of fused-ring (bicyclic) bond motifs is 1. The standard InChI is InChI=1S/C16H24N2O/c1-6-10-7-11(14(17)16(3,4)5)8-12-9(2)15(19)18-13(10)12/h7-9,14H,6,17H2,1-5H3,(H,18,19). The molecule has 1 heterocycles. The van der Waals surface area contributed by atoms with E-state index in [-0.39, 0.29) is 23.3 Å². The molecule has 0 radical (unpaired) electrons. The molecular formula is C16H24N2O. The first-order valence-electron chi connectivity index (χ1n) is 6.98. The summed E-state index contributed by atoms with van der Waals surface area (Å²) >= 11 is 0. The van der Waals surface area contributed by atoms with Gasteiger partial charge in [0.2, 0.25) is 5.91 Å². The van der Waals surface area contributed by atoms with E-state index >= 15 is 0 Å². The average molecular weight is 260 g/mol. The van der Waals surface area contributed by atoms with E-state index in [1.165, 1.54) is 5.56 Å². The van der Waals surface area contributed by atoms with Crippen LogP contribution < -0.4 is 11.1 Å². The lowest BCUT2D eigenvalue weighted by atomic mass is 9.81. The van der Waals surface area contributed by atoms with E-state index in [4.69, 9.17) is 5.73 Å². The molecule has 0 saturated carbocycles. The summed E-state index contributed by atoms with van der Waals surface area (Å²) in [5.41, 5.74) is 10.8. The van der Waals surface area contributed by atoms with E-state index in [1.54, 1.807) is 0 Å². The number of hydrogen-bond donors (Lipinski definition) is 2. The largest absolute Gasteiger partial charge is 0.325 e. The van der Waals surface area contributed by atoms with Crippen LogP contribution in [0.15, 0.2) is 12.1 Å². The molecule has 0 saturated heterocycles. The van der Waals surface area contributed by atoms with Gasteiger partial charge in [-0.2, -0.15) is 0 Å². The van der Waals surface area contributed by atoms with Gasteiger partial charge < -0.3 is 11.1 Å². The molecule has 1 aromatic rings. The lowest BCUT2D eigenvalue weighted by Crippen LogP contribution is -2.26. The average Bonchev–Trinajstić information content (AvgIpc) is 2.62. The molecule has 3 N–H and O–H groups in total. The van der Waals surface area contributed by atoms with Crippen molar-refractivity contribution in [3.63, 3.8) is 0 Å². The summed E-state index contributed by atoms with van der Waals surface area (Å²) in [7, 11) is 0. The molecule has 3 nitrogen and oxygen atoms in total. The molecule has 1 aliphatic heterocycles. The fourth-order valence-electron chi connectivity index (χ4n) is 2.58. The molecule has 19 heavy (non-hydrogen) atoms. The van der Waals surface area contributed by atoms with Gasteiger partial charge in [0.15, 0.2) is 0 Å². The van der Waals surface area contributed by atoms with Crippen molar-refractivity contribution >= 4 is 11.6 Å². The van der Waals surface area contributed by atoms with Crippen LogP contribution in [0, 0.1) is 5.41 Å². The van der Waals surface area contributed by atoms with Gasteiger partial charge in [0, 0.05) is 11.7 Å².